The number of carbonyl (C=O) groups is 2. The Kier molecular flexibility index (Phi) is 4.34. The van der Waals surface area contributed by atoms with Crippen LogP contribution < -0.4 is 0 Å². The predicted octanol–water partition coefficient (Wildman–Crippen LogP) is 2.64. The molecule has 1 saturated heterocycles. The number of halogens is 4. The summed E-state index contributed by atoms with van der Waals surface area (Å²) in [5.74, 6) is -7.02. The van der Waals surface area contributed by atoms with Gasteiger partial charge in [-0.1, -0.05) is 0 Å². The molecule has 1 heterocycles. The van der Waals surface area contributed by atoms with Crippen LogP contribution in [0, 0.1) is 5.92 Å². The number of amides is 1. The average Bonchev–Trinajstić information content (AvgIpc) is 2.83. The predicted molar refractivity (Wildman–Crippen MR) is 62.7 cm³/mol. The van der Waals surface area contributed by atoms with Crippen LogP contribution in [0.15, 0.2) is 0 Å². The Bertz CT molecular complexity index is 400. The van der Waals surface area contributed by atoms with Crippen molar-refractivity contribution in [2.45, 2.75) is 56.9 Å². The second-order valence-electron chi connectivity index (χ2n) is 5.45. The van der Waals surface area contributed by atoms with Crippen molar-refractivity contribution in [3.63, 3.8) is 0 Å². The number of nitrogens with zero attached hydrogens (tertiary/aromatic N) is 1. The Morgan fingerprint density at radius 2 is 1.90 bits per heavy atom. The van der Waals surface area contributed by atoms with Gasteiger partial charge in [-0.3, -0.25) is 9.59 Å². The van der Waals surface area contributed by atoms with Crippen molar-refractivity contribution in [3.05, 3.63) is 0 Å². The molecule has 1 saturated carbocycles. The summed E-state index contributed by atoms with van der Waals surface area (Å²) in [5, 5.41) is 0. The van der Waals surface area contributed by atoms with Crippen LogP contribution in [0.2, 0.25) is 0 Å². The molecule has 2 unspecified atom stereocenters. The highest BCUT2D eigenvalue weighted by Crippen LogP contribution is 2.35. The first-order valence-corrected chi connectivity index (χ1v) is 6.85. The first-order valence-electron chi connectivity index (χ1n) is 6.85. The van der Waals surface area contributed by atoms with Crippen molar-refractivity contribution >= 4 is 11.7 Å². The second-order valence-corrected chi connectivity index (χ2v) is 5.45. The van der Waals surface area contributed by atoms with E-state index in [-0.39, 0.29) is 12.3 Å². The van der Waals surface area contributed by atoms with Crippen molar-refractivity contribution in [2.24, 2.45) is 5.92 Å². The van der Waals surface area contributed by atoms with Crippen LogP contribution in [0.3, 0.4) is 0 Å². The lowest BCUT2D eigenvalue weighted by atomic mass is 9.88. The van der Waals surface area contributed by atoms with E-state index in [9.17, 15) is 27.2 Å². The molecule has 1 aliphatic heterocycles. The van der Waals surface area contributed by atoms with Crippen LogP contribution in [-0.4, -0.2) is 41.5 Å². The topological polar surface area (TPSA) is 37.4 Å². The minimum Gasteiger partial charge on any atom is -0.334 e. The highest BCUT2D eigenvalue weighted by molar-refractivity contribution is 5.87. The summed E-state index contributed by atoms with van der Waals surface area (Å²) >= 11 is 0. The summed E-state index contributed by atoms with van der Waals surface area (Å²) in [6.45, 7) is 0.0234. The Hall–Kier alpha value is -1.14. The SMILES string of the molecule is O=C1CCCC1C1CCCCN1C(=O)C(F)(F)C(F)F. The molecule has 114 valence electrons. The van der Waals surface area contributed by atoms with Crippen molar-refractivity contribution in [1.82, 2.24) is 4.90 Å². The van der Waals surface area contributed by atoms with Gasteiger partial charge in [-0.25, -0.2) is 8.78 Å². The van der Waals surface area contributed by atoms with Gasteiger partial charge in [0.2, 0.25) is 0 Å². The van der Waals surface area contributed by atoms with Crippen LogP contribution in [-0.2, 0) is 9.59 Å². The fourth-order valence-electron chi connectivity index (χ4n) is 3.16. The minimum atomic E-state index is -4.67. The lowest BCUT2D eigenvalue weighted by Crippen LogP contribution is -2.55. The van der Waals surface area contributed by atoms with Gasteiger partial charge in [0.1, 0.15) is 5.78 Å². The third kappa shape index (κ3) is 2.67. The van der Waals surface area contributed by atoms with E-state index in [4.69, 9.17) is 0 Å². The molecule has 0 bridgehead atoms. The molecule has 1 amide bonds. The Balaban J connectivity index is 2.18. The van der Waals surface area contributed by atoms with E-state index in [0.29, 0.717) is 32.1 Å². The smallest absolute Gasteiger partial charge is 0.334 e. The molecule has 2 fully saturated rings. The summed E-state index contributed by atoms with van der Waals surface area (Å²) < 4.78 is 51.2. The quantitative estimate of drug-likeness (QED) is 0.751. The highest BCUT2D eigenvalue weighted by Gasteiger charge is 2.53. The van der Waals surface area contributed by atoms with E-state index in [1.165, 1.54) is 0 Å². The largest absolute Gasteiger partial charge is 0.383 e. The molecule has 0 aromatic carbocycles. The third-order valence-electron chi connectivity index (χ3n) is 4.19. The minimum absolute atomic E-state index is 0.0234. The van der Waals surface area contributed by atoms with E-state index in [1.54, 1.807) is 0 Å². The summed E-state index contributed by atoms with van der Waals surface area (Å²) in [6, 6.07) is -0.643. The Morgan fingerprint density at radius 1 is 1.20 bits per heavy atom. The van der Waals surface area contributed by atoms with E-state index >= 15 is 0 Å². The molecular weight excluding hydrogens is 278 g/mol. The van der Waals surface area contributed by atoms with Gasteiger partial charge in [-0.2, -0.15) is 8.78 Å². The van der Waals surface area contributed by atoms with Gasteiger partial charge in [0.25, 0.3) is 5.91 Å². The van der Waals surface area contributed by atoms with Crippen molar-refractivity contribution in [1.29, 1.82) is 0 Å². The summed E-state index contributed by atoms with van der Waals surface area (Å²) in [7, 11) is 0. The van der Waals surface area contributed by atoms with Crippen molar-refractivity contribution in [3.8, 4) is 0 Å². The van der Waals surface area contributed by atoms with Gasteiger partial charge in [0.05, 0.1) is 0 Å². The summed E-state index contributed by atoms with van der Waals surface area (Å²) in [5.41, 5.74) is 0. The summed E-state index contributed by atoms with van der Waals surface area (Å²) in [4.78, 5) is 24.3. The first kappa shape index (κ1) is 15.3. The number of hydrogen-bond donors (Lipinski definition) is 0. The molecule has 3 nitrogen and oxygen atoms in total. The fourth-order valence-corrected chi connectivity index (χ4v) is 3.16. The third-order valence-corrected chi connectivity index (χ3v) is 4.19. The van der Waals surface area contributed by atoms with Crippen molar-refractivity contribution in [2.75, 3.05) is 6.54 Å². The van der Waals surface area contributed by atoms with Gasteiger partial charge in [0.15, 0.2) is 0 Å². The second kappa shape index (κ2) is 5.69. The summed E-state index contributed by atoms with van der Waals surface area (Å²) in [6.07, 6.45) is -0.755. The van der Waals surface area contributed by atoms with Gasteiger partial charge < -0.3 is 4.90 Å². The standard InChI is InChI=1S/C13H17F4NO2/c14-11(15)13(16,17)12(20)18-7-2-1-5-9(18)8-4-3-6-10(8)19/h8-9,11H,1-7H2. The molecule has 0 aromatic heterocycles. The normalized spacial score (nSPS) is 28.2. The molecule has 2 rings (SSSR count). The molecule has 2 aliphatic rings. The number of hydrogen-bond acceptors (Lipinski definition) is 2. The van der Waals surface area contributed by atoms with Gasteiger partial charge in [-0.05, 0) is 32.1 Å². The van der Waals surface area contributed by atoms with Crippen LogP contribution in [0.4, 0.5) is 17.6 Å². The molecule has 20 heavy (non-hydrogen) atoms. The number of Topliss-reactive ketones (excluding diaryl/α,β-unsaturated/α-hetero) is 1. The molecule has 1 aliphatic carbocycles. The van der Waals surface area contributed by atoms with E-state index in [0.717, 1.165) is 11.3 Å². The number of piperidine rings is 1. The van der Waals surface area contributed by atoms with Crippen LogP contribution in [0.5, 0.6) is 0 Å². The average molecular weight is 295 g/mol. The number of rotatable bonds is 3. The van der Waals surface area contributed by atoms with E-state index in [1.807, 2.05) is 0 Å². The Labute approximate surface area is 114 Å². The van der Waals surface area contributed by atoms with E-state index in [2.05, 4.69) is 0 Å². The maximum absolute atomic E-state index is 13.3. The number of likely N-dealkylation sites (tertiary alicyclic amines) is 1. The van der Waals surface area contributed by atoms with Crippen LogP contribution >= 0.6 is 0 Å². The highest BCUT2D eigenvalue weighted by atomic mass is 19.3. The molecule has 0 N–H and O–H groups in total. The zero-order valence-electron chi connectivity index (χ0n) is 11.0. The van der Waals surface area contributed by atoms with Crippen molar-refractivity contribution < 1.29 is 27.2 Å². The number of carbonyl (C=O) groups excluding carboxylic acids is 2. The molecule has 2 atom stereocenters. The lowest BCUT2D eigenvalue weighted by Gasteiger charge is -2.40. The monoisotopic (exact) mass is 295 g/mol. The number of ketones is 1. The molecular formula is C13H17F4NO2. The molecule has 0 radical (unpaired) electrons. The first-order chi connectivity index (χ1) is 9.35. The molecule has 7 heteroatoms. The lowest BCUT2D eigenvalue weighted by molar-refractivity contribution is -0.185. The maximum Gasteiger partial charge on any atom is 0.383 e. The molecule has 0 aromatic rings. The maximum atomic E-state index is 13.3. The van der Waals surface area contributed by atoms with E-state index < -0.39 is 30.2 Å². The fraction of sp³-hybridized carbons (Fsp3) is 0.846. The van der Waals surface area contributed by atoms with Crippen LogP contribution in [0.25, 0.3) is 0 Å². The Morgan fingerprint density at radius 3 is 2.45 bits per heavy atom. The van der Waals surface area contributed by atoms with Gasteiger partial charge in [0, 0.05) is 24.9 Å². The molecule has 0 spiro atoms. The van der Waals surface area contributed by atoms with Gasteiger partial charge in [-0.15, -0.1) is 0 Å². The number of alkyl halides is 4. The zero-order chi connectivity index (χ0) is 14.9. The van der Waals surface area contributed by atoms with Gasteiger partial charge >= 0.3 is 12.3 Å². The van der Waals surface area contributed by atoms with Crippen LogP contribution in [0.1, 0.15) is 38.5 Å². The zero-order valence-corrected chi connectivity index (χ0v) is 11.0.